The third kappa shape index (κ3) is 7.32. The fourth-order valence-corrected chi connectivity index (χ4v) is 3.15. The van der Waals surface area contributed by atoms with E-state index in [2.05, 4.69) is 0 Å². The molecular formula is C9H19ClO2S. The maximum absolute atomic E-state index is 11.4. The molecule has 0 aromatic carbocycles. The highest BCUT2D eigenvalue weighted by Crippen LogP contribution is 2.07. The van der Waals surface area contributed by atoms with E-state index in [-0.39, 0.29) is 5.92 Å². The maximum Gasteiger partial charge on any atom is 0.150 e. The van der Waals surface area contributed by atoms with E-state index in [9.17, 15) is 8.42 Å². The molecule has 0 saturated heterocycles. The minimum absolute atomic E-state index is 0.279. The molecule has 0 aliphatic carbocycles. The molecule has 0 heterocycles. The van der Waals surface area contributed by atoms with Crippen molar-refractivity contribution in [2.75, 3.05) is 17.4 Å². The first-order valence-electron chi connectivity index (χ1n) is 4.78. The van der Waals surface area contributed by atoms with Crippen LogP contribution in [0.1, 0.15) is 33.1 Å². The summed E-state index contributed by atoms with van der Waals surface area (Å²) in [6, 6.07) is 0. The summed E-state index contributed by atoms with van der Waals surface area (Å²) in [4.78, 5) is 0. The van der Waals surface area contributed by atoms with Crippen LogP contribution in [0.4, 0.5) is 0 Å². The quantitative estimate of drug-likeness (QED) is 0.494. The van der Waals surface area contributed by atoms with E-state index in [1.807, 2.05) is 13.8 Å². The van der Waals surface area contributed by atoms with E-state index < -0.39 is 9.84 Å². The van der Waals surface area contributed by atoms with Crippen molar-refractivity contribution >= 4 is 21.4 Å². The molecular weight excluding hydrogens is 208 g/mol. The first-order chi connectivity index (χ1) is 6.02. The van der Waals surface area contributed by atoms with Gasteiger partial charge in [0.15, 0.2) is 9.84 Å². The smallest absolute Gasteiger partial charge is 0.150 e. The minimum Gasteiger partial charge on any atom is -0.229 e. The van der Waals surface area contributed by atoms with Gasteiger partial charge in [-0.3, -0.25) is 0 Å². The molecule has 80 valence electrons. The van der Waals surface area contributed by atoms with E-state index in [1.165, 1.54) is 0 Å². The third-order valence-electron chi connectivity index (χ3n) is 2.07. The van der Waals surface area contributed by atoms with Crippen LogP contribution in [-0.2, 0) is 9.84 Å². The van der Waals surface area contributed by atoms with Crippen molar-refractivity contribution in [3.8, 4) is 0 Å². The molecule has 0 rings (SSSR count). The van der Waals surface area contributed by atoms with Crippen LogP contribution in [0, 0.1) is 5.92 Å². The van der Waals surface area contributed by atoms with Gasteiger partial charge in [-0.15, -0.1) is 11.6 Å². The highest BCUT2D eigenvalue weighted by molar-refractivity contribution is 7.91. The van der Waals surface area contributed by atoms with Gasteiger partial charge < -0.3 is 0 Å². The number of rotatable bonds is 7. The molecule has 0 aliphatic heterocycles. The van der Waals surface area contributed by atoms with Gasteiger partial charge in [0.2, 0.25) is 0 Å². The zero-order valence-corrected chi connectivity index (χ0v) is 10.00. The van der Waals surface area contributed by atoms with Gasteiger partial charge in [-0.05, 0) is 18.8 Å². The monoisotopic (exact) mass is 226 g/mol. The van der Waals surface area contributed by atoms with Crippen LogP contribution in [0.2, 0.25) is 0 Å². The van der Waals surface area contributed by atoms with Crippen molar-refractivity contribution < 1.29 is 8.42 Å². The summed E-state index contributed by atoms with van der Waals surface area (Å²) in [5.41, 5.74) is 0. The van der Waals surface area contributed by atoms with Crippen LogP contribution in [0.5, 0.6) is 0 Å². The second kappa shape index (κ2) is 6.66. The van der Waals surface area contributed by atoms with Crippen molar-refractivity contribution in [3.63, 3.8) is 0 Å². The molecule has 13 heavy (non-hydrogen) atoms. The van der Waals surface area contributed by atoms with Crippen LogP contribution in [0.3, 0.4) is 0 Å². The lowest BCUT2D eigenvalue weighted by molar-refractivity contribution is 0.562. The lowest BCUT2D eigenvalue weighted by Crippen LogP contribution is -2.16. The molecule has 4 heteroatoms. The number of alkyl halides is 1. The van der Waals surface area contributed by atoms with Gasteiger partial charge in [0.05, 0.1) is 11.5 Å². The lowest BCUT2D eigenvalue weighted by atomic mass is 10.2. The molecule has 0 N–H and O–H groups in total. The van der Waals surface area contributed by atoms with Crippen LogP contribution in [0.25, 0.3) is 0 Å². The first-order valence-corrected chi connectivity index (χ1v) is 7.13. The van der Waals surface area contributed by atoms with Crippen molar-refractivity contribution in [2.45, 2.75) is 33.1 Å². The molecule has 0 aromatic heterocycles. The first kappa shape index (κ1) is 13.2. The average molecular weight is 227 g/mol. The second-order valence-corrected chi connectivity index (χ2v) is 6.13. The molecule has 0 fully saturated rings. The predicted molar refractivity (Wildman–Crippen MR) is 58.1 cm³/mol. The maximum atomic E-state index is 11.4. The molecule has 0 aromatic rings. The molecule has 1 atom stereocenters. The summed E-state index contributed by atoms with van der Waals surface area (Å²) >= 11 is 5.47. The summed E-state index contributed by atoms with van der Waals surface area (Å²) in [5, 5.41) is 0. The molecule has 0 aliphatic rings. The Labute approximate surface area is 86.6 Å². The summed E-state index contributed by atoms with van der Waals surface area (Å²) < 4.78 is 22.9. The SMILES string of the molecule is CCC(C)CS(=O)(=O)CCCCCl. The van der Waals surface area contributed by atoms with E-state index >= 15 is 0 Å². The van der Waals surface area contributed by atoms with Crippen molar-refractivity contribution in [1.29, 1.82) is 0 Å². The fourth-order valence-electron chi connectivity index (χ4n) is 1.05. The Hall–Kier alpha value is 0.240. The Balaban J connectivity index is 3.81. The topological polar surface area (TPSA) is 34.1 Å². The largest absolute Gasteiger partial charge is 0.229 e. The van der Waals surface area contributed by atoms with Gasteiger partial charge in [-0.25, -0.2) is 8.42 Å². The van der Waals surface area contributed by atoms with Crippen LogP contribution in [-0.4, -0.2) is 25.8 Å². The second-order valence-electron chi connectivity index (χ2n) is 3.52. The number of unbranched alkanes of at least 4 members (excludes halogenated alkanes) is 1. The van der Waals surface area contributed by atoms with Gasteiger partial charge in [0.25, 0.3) is 0 Å². The van der Waals surface area contributed by atoms with Gasteiger partial charge in [0, 0.05) is 5.88 Å². The van der Waals surface area contributed by atoms with Gasteiger partial charge >= 0.3 is 0 Å². The van der Waals surface area contributed by atoms with Crippen molar-refractivity contribution in [3.05, 3.63) is 0 Å². The number of sulfone groups is 1. The minimum atomic E-state index is -2.82. The Morgan fingerprint density at radius 2 is 1.92 bits per heavy atom. The Morgan fingerprint density at radius 3 is 2.38 bits per heavy atom. The highest BCUT2D eigenvalue weighted by Gasteiger charge is 2.13. The molecule has 1 unspecified atom stereocenters. The number of hydrogen-bond acceptors (Lipinski definition) is 2. The summed E-state index contributed by atoms with van der Waals surface area (Å²) in [6.07, 6.45) is 2.41. The zero-order chi connectivity index (χ0) is 10.3. The molecule has 2 nitrogen and oxygen atoms in total. The van der Waals surface area contributed by atoms with Crippen molar-refractivity contribution in [2.24, 2.45) is 5.92 Å². The molecule has 0 saturated carbocycles. The average Bonchev–Trinajstić information content (AvgIpc) is 2.03. The van der Waals surface area contributed by atoms with Crippen LogP contribution < -0.4 is 0 Å². The third-order valence-corrected chi connectivity index (χ3v) is 4.33. The Morgan fingerprint density at radius 1 is 1.31 bits per heavy atom. The standard InChI is InChI=1S/C9H19ClO2S/c1-3-9(2)8-13(11,12)7-5-4-6-10/h9H,3-8H2,1-2H3. The van der Waals surface area contributed by atoms with Crippen LogP contribution >= 0.6 is 11.6 Å². The number of hydrogen-bond donors (Lipinski definition) is 0. The normalized spacial score (nSPS) is 14.4. The number of halogens is 1. The zero-order valence-electron chi connectivity index (χ0n) is 8.42. The molecule has 0 amide bonds. The van der Waals surface area contributed by atoms with E-state index in [0.29, 0.717) is 23.8 Å². The molecule has 0 radical (unpaired) electrons. The summed E-state index contributed by atoms with van der Waals surface area (Å²) in [6.45, 7) is 3.98. The van der Waals surface area contributed by atoms with Gasteiger partial charge in [-0.2, -0.15) is 0 Å². The van der Waals surface area contributed by atoms with E-state index in [0.717, 1.165) is 12.8 Å². The Kier molecular flexibility index (Phi) is 6.78. The summed E-state index contributed by atoms with van der Waals surface area (Å²) in [5.74, 6) is 1.45. The predicted octanol–water partition coefficient (Wildman–Crippen LogP) is 2.47. The van der Waals surface area contributed by atoms with Gasteiger partial charge in [0.1, 0.15) is 0 Å². The van der Waals surface area contributed by atoms with Crippen molar-refractivity contribution in [1.82, 2.24) is 0 Å². The van der Waals surface area contributed by atoms with E-state index in [4.69, 9.17) is 11.6 Å². The lowest BCUT2D eigenvalue weighted by Gasteiger charge is -2.08. The van der Waals surface area contributed by atoms with Crippen LogP contribution in [0.15, 0.2) is 0 Å². The van der Waals surface area contributed by atoms with E-state index in [1.54, 1.807) is 0 Å². The fraction of sp³-hybridized carbons (Fsp3) is 1.00. The molecule has 0 bridgehead atoms. The summed E-state index contributed by atoms with van der Waals surface area (Å²) in [7, 11) is -2.82. The highest BCUT2D eigenvalue weighted by atomic mass is 35.5. The Bertz CT molecular complexity index is 212. The van der Waals surface area contributed by atoms with Gasteiger partial charge in [-0.1, -0.05) is 20.3 Å². The molecule has 0 spiro atoms.